The Morgan fingerprint density at radius 1 is 1.38 bits per heavy atom. The van der Waals surface area contributed by atoms with Gasteiger partial charge in [-0.25, -0.2) is 0 Å². The summed E-state index contributed by atoms with van der Waals surface area (Å²) in [6.07, 6.45) is 3.19. The molecule has 0 aliphatic rings. The highest BCUT2D eigenvalue weighted by atomic mass is 16.4. The number of carboxylic acids is 1. The minimum absolute atomic E-state index is 0.0333. The minimum Gasteiger partial charge on any atom is -0.481 e. The Labute approximate surface area is 93.6 Å². The van der Waals surface area contributed by atoms with E-state index >= 15 is 0 Å². The van der Waals surface area contributed by atoms with Gasteiger partial charge in [0.25, 0.3) is 0 Å². The maximum absolute atomic E-state index is 10.9. The molecule has 1 amide bonds. The lowest BCUT2D eigenvalue weighted by Gasteiger charge is -2.05. The van der Waals surface area contributed by atoms with E-state index in [1.165, 1.54) is 6.92 Å². The third kappa shape index (κ3) is 3.96. The van der Waals surface area contributed by atoms with Gasteiger partial charge in [0.15, 0.2) is 0 Å². The van der Waals surface area contributed by atoms with Crippen molar-refractivity contribution in [3.8, 4) is 0 Å². The number of aliphatic carboxylic acids is 1. The van der Waals surface area contributed by atoms with Crippen LogP contribution in [0.15, 0.2) is 30.3 Å². The average Bonchev–Trinajstić information content (AvgIpc) is 2.19. The summed E-state index contributed by atoms with van der Waals surface area (Å²) in [6, 6.07) is 7.21. The average molecular weight is 219 g/mol. The van der Waals surface area contributed by atoms with E-state index in [0.717, 1.165) is 5.56 Å². The summed E-state index contributed by atoms with van der Waals surface area (Å²) in [5.41, 5.74) is 1.47. The van der Waals surface area contributed by atoms with Crippen LogP contribution < -0.4 is 5.32 Å². The molecule has 16 heavy (non-hydrogen) atoms. The number of nitrogens with one attached hydrogen (secondary N) is 1. The monoisotopic (exact) mass is 219 g/mol. The highest BCUT2D eigenvalue weighted by molar-refractivity contribution is 5.91. The first-order valence-electron chi connectivity index (χ1n) is 4.84. The van der Waals surface area contributed by atoms with Gasteiger partial charge >= 0.3 is 5.97 Å². The molecule has 84 valence electrons. The van der Waals surface area contributed by atoms with Crippen molar-refractivity contribution < 1.29 is 14.7 Å². The van der Waals surface area contributed by atoms with Gasteiger partial charge in [-0.1, -0.05) is 30.4 Å². The van der Waals surface area contributed by atoms with Crippen molar-refractivity contribution in [3.63, 3.8) is 0 Å². The van der Waals surface area contributed by atoms with E-state index in [2.05, 4.69) is 5.32 Å². The highest BCUT2D eigenvalue weighted by Crippen LogP contribution is 2.16. The molecule has 0 unspecified atom stereocenters. The van der Waals surface area contributed by atoms with Crippen molar-refractivity contribution in [2.24, 2.45) is 0 Å². The smallest absolute Gasteiger partial charge is 0.307 e. The third-order valence-corrected chi connectivity index (χ3v) is 1.86. The molecule has 0 radical (unpaired) electrons. The standard InChI is InChI=1S/C12H13NO3/c1-9(14)13-11-7-3-2-5-10(11)6-4-8-12(15)16/h2-7H,8H2,1H3,(H,13,14)(H,15,16). The van der Waals surface area contributed by atoms with E-state index < -0.39 is 5.97 Å². The Hall–Kier alpha value is -2.10. The van der Waals surface area contributed by atoms with Crippen molar-refractivity contribution in [1.82, 2.24) is 0 Å². The van der Waals surface area contributed by atoms with Crippen molar-refractivity contribution in [1.29, 1.82) is 0 Å². The molecule has 0 saturated carbocycles. The summed E-state index contributed by atoms with van der Waals surface area (Å²) in [5, 5.41) is 11.2. The first kappa shape index (κ1) is 12.0. The normalized spacial score (nSPS) is 10.3. The molecule has 0 atom stereocenters. The fourth-order valence-corrected chi connectivity index (χ4v) is 1.23. The van der Waals surface area contributed by atoms with Gasteiger partial charge in [-0.3, -0.25) is 9.59 Å². The van der Waals surface area contributed by atoms with Gasteiger partial charge in [0.2, 0.25) is 5.91 Å². The first-order chi connectivity index (χ1) is 7.59. The van der Waals surface area contributed by atoms with E-state index in [9.17, 15) is 9.59 Å². The van der Waals surface area contributed by atoms with Gasteiger partial charge in [0, 0.05) is 12.6 Å². The van der Waals surface area contributed by atoms with Crippen molar-refractivity contribution in [2.45, 2.75) is 13.3 Å². The summed E-state index contributed by atoms with van der Waals surface area (Å²) in [5.74, 6) is -1.03. The minimum atomic E-state index is -0.881. The number of hydrogen-bond acceptors (Lipinski definition) is 2. The Bertz CT molecular complexity index is 424. The zero-order chi connectivity index (χ0) is 12.0. The van der Waals surface area contributed by atoms with Crippen molar-refractivity contribution >= 4 is 23.6 Å². The molecular weight excluding hydrogens is 206 g/mol. The zero-order valence-corrected chi connectivity index (χ0v) is 8.93. The van der Waals surface area contributed by atoms with Crippen LogP contribution in [0.3, 0.4) is 0 Å². The molecule has 0 bridgehead atoms. The molecule has 1 aromatic carbocycles. The van der Waals surface area contributed by atoms with Crippen LogP contribution in [0.5, 0.6) is 0 Å². The van der Waals surface area contributed by atoms with E-state index in [0.29, 0.717) is 5.69 Å². The summed E-state index contributed by atoms with van der Waals surface area (Å²) in [4.78, 5) is 21.2. The number of carbonyl (C=O) groups excluding carboxylic acids is 1. The summed E-state index contributed by atoms with van der Waals surface area (Å²) in [6.45, 7) is 1.43. The summed E-state index contributed by atoms with van der Waals surface area (Å²) < 4.78 is 0. The van der Waals surface area contributed by atoms with Crippen LogP contribution in [-0.4, -0.2) is 17.0 Å². The second-order valence-corrected chi connectivity index (χ2v) is 3.27. The molecule has 4 nitrogen and oxygen atoms in total. The van der Waals surface area contributed by atoms with Crippen molar-refractivity contribution in [3.05, 3.63) is 35.9 Å². The molecule has 0 heterocycles. The fourth-order valence-electron chi connectivity index (χ4n) is 1.23. The second kappa shape index (κ2) is 5.70. The predicted molar refractivity (Wildman–Crippen MR) is 62.0 cm³/mol. The zero-order valence-electron chi connectivity index (χ0n) is 8.93. The molecule has 0 saturated heterocycles. The SMILES string of the molecule is CC(=O)Nc1ccccc1C=CCC(=O)O. The van der Waals surface area contributed by atoms with Crippen LogP contribution in [0.1, 0.15) is 18.9 Å². The molecule has 0 aliphatic heterocycles. The van der Waals surface area contributed by atoms with Crippen LogP contribution in [0.25, 0.3) is 6.08 Å². The maximum Gasteiger partial charge on any atom is 0.307 e. The topological polar surface area (TPSA) is 66.4 Å². The molecule has 0 fully saturated rings. The molecule has 1 aromatic rings. The Balaban J connectivity index is 2.82. The Morgan fingerprint density at radius 3 is 2.69 bits per heavy atom. The molecule has 2 N–H and O–H groups in total. The van der Waals surface area contributed by atoms with E-state index in [1.54, 1.807) is 24.3 Å². The third-order valence-electron chi connectivity index (χ3n) is 1.86. The van der Waals surface area contributed by atoms with Gasteiger partial charge in [0.1, 0.15) is 0 Å². The quantitative estimate of drug-likeness (QED) is 0.815. The maximum atomic E-state index is 10.9. The van der Waals surface area contributed by atoms with Gasteiger partial charge in [-0.15, -0.1) is 0 Å². The molecule has 1 rings (SSSR count). The Kier molecular flexibility index (Phi) is 4.27. The molecule has 0 aromatic heterocycles. The Morgan fingerprint density at radius 2 is 2.06 bits per heavy atom. The van der Waals surface area contributed by atoms with E-state index in [1.807, 2.05) is 12.1 Å². The first-order valence-corrected chi connectivity index (χ1v) is 4.84. The van der Waals surface area contributed by atoms with Crippen LogP contribution in [-0.2, 0) is 9.59 Å². The fraction of sp³-hybridized carbons (Fsp3) is 0.167. The van der Waals surface area contributed by atoms with E-state index in [4.69, 9.17) is 5.11 Å². The molecular formula is C12H13NO3. The number of rotatable bonds is 4. The predicted octanol–water partition coefficient (Wildman–Crippen LogP) is 2.13. The molecule has 0 aliphatic carbocycles. The lowest BCUT2D eigenvalue weighted by atomic mass is 10.1. The van der Waals surface area contributed by atoms with Gasteiger partial charge in [-0.05, 0) is 11.6 Å². The number of amides is 1. The number of anilines is 1. The van der Waals surface area contributed by atoms with Crippen LogP contribution >= 0.6 is 0 Å². The number of hydrogen-bond donors (Lipinski definition) is 2. The second-order valence-electron chi connectivity index (χ2n) is 3.27. The van der Waals surface area contributed by atoms with Crippen LogP contribution in [0, 0.1) is 0 Å². The van der Waals surface area contributed by atoms with Gasteiger partial charge in [0.05, 0.1) is 6.42 Å². The number of para-hydroxylation sites is 1. The van der Waals surface area contributed by atoms with Crippen LogP contribution in [0.2, 0.25) is 0 Å². The largest absolute Gasteiger partial charge is 0.481 e. The molecule has 0 spiro atoms. The van der Waals surface area contributed by atoms with E-state index in [-0.39, 0.29) is 12.3 Å². The lowest BCUT2D eigenvalue weighted by molar-refractivity contribution is -0.136. The van der Waals surface area contributed by atoms with Gasteiger partial charge in [-0.2, -0.15) is 0 Å². The number of carboxylic acid groups (broad SMARTS) is 1. The molecule has 4 heteroatoms. The summed E-state index contributed by atoms with van der Waals surface area (Å²) in [7, 11) is 0. The number of benzene rings is 1. The van der Waals surface area contributed by atoms with Crippen LogP contribution in [0.4, 0.5) is 5.69 Å². The lowest BCUT2D eigenvalue weighted by Crippen LogP contribution is -2.06. The number of carbonyl (C=O) groups is 2. The summed E-state index contributed by atoms with van der Waals surface area (Å²) >= 11 is 0. The highest BCUT2D eigenvalue weighted by Gasteiger charge is 1.99. The van der Waals surface area contributed by atoms with Gasteiger partial charge < -0.3 is 10.4 Å². The van der Waals surface area contributed by atoms with Crippen molar-refractivity contribution in [2.75, 3.05) is 5.32 Å².